The summed E-state index contributed by atoms with van der Waals surface area (Å²) in [5.41, 5.74) is -0.585. The number of ether oxygens (including phenoxy) is 1. The lowest BCUT2D eigenvalue weighted by atomic mass is 10.2. The Bertz CT molecular complexity index is 964. The van der Waals surface area contributed by atoms with Crippen molar-refractivity contribution in [3.8, 4) is 5.75 Å². The maximum absolute atomic E-state index is 12.2. The van der Waals surface area contributed by atoms with Crippen molar-refractivity contribution in [3.63, 3.8) is 0 Å². The van der Waals surface area contributed by atoms with Crippen molar-refractivity contribution in [3.05, 3.63) is 72.4 Å². The van der Waals surface area contributed by atoms with Crippen LogP contribution in [0.1, 0.15) is 10.4 Å². The van der Waals surface area contributed by atoms with Crippen LogP contribution in [0.2, 0.25) is 5.02 Å². The number of benzene rings is 2. The van der Waals surface area contributed by atoms with Crippen molar-refractivity contribution in [1.29, 1.82) is 0 Å². The lowest BCUT2D eigenvalue weighted by molar-refractivity contribution is 0.0730. The monoisotopic (exact) mass is 456 g/mol. The normalized spacial score (nSPS) is 10.7. The van der Waals surface area contributed by atoms with Gasteiger partial charge < -0.3 is 9.15 Å². The number of hydrogen-bond acceptors (Lipinski definition) is 4. The maximum Gasteiger partial charge on any atom is 0.351 e. The summed E-state index contributed by atoms with van der Waals surface area (Å²) in [7, 11) is 0. The Hall–Kier alpha value is -1.63. The van der Waals surface area contributed by atoms with Crippen molar-refractivity contribution < 1.29 is 13.9 Å². The lowest BCUT2D eigenvalue weighted by Gasteiger charge is -2.05. The van der Waals surface area contributed by atoms with E-state index in [1.54, 1.807) is 24.3 Å². The Kier molecular flexibility index (Phi) is 4.57. The predicted octanol–water partition coefficient (Wildman–Crippen LogP) is 5.19. The zero-order valence-corrected chi connectivity index (χ0v) is 15.2. The minimum absolute atomic E-state index is 0.183. The van der Waals surface area contributed by atoms with E-state index in [4.69, 9.17) is 20.8 Å². The molecule has 0 atom stereocenters. The van der Waals surface area contributed by atoms with Crippen LogP contribution in [0.4, 0.5) is 0 Å². The third kappa shape index (κ3) is 3.49. The first-order valence-electron chi connectivity index (χ1n) is 6.35. The minimum Gasteiger partial charge on any atom is -0.423 e. The smallest absolute Gasteiger partial charge is 0.351 e. The average molecular weight is 458 g/mol. The average Bonchev–Trinajstić information content (AvgIpc) is 2.50. The van der Waals surface area contributed by atoms with Gasteiger partial charge in [0.25, 0.3) is 0 Å². The Morgan fingerprint density at radius 3 is 2.48 bits per heavy atom. The molecule has 0 aliphatic rings. The van der Waals surface area contributed by atoms with Crippen LogP contribution in [0.3, 0.4) is 0 Å². The van der Waals surface area contributed by atoms with Crippen LogP contribution in [0.5, 0.6) is 5.75 Å². The molecule has 0 spiro atoms. The molecule has 0 aliphatic heterocycles. The van der Waals surface area contributed by atoms with Gasteiger partial charge in [-0.15, -0.1) is 0 Å². The van der Waals surface area contributed by atoms with Gasteiger partial charge in [0.2, 0.25) is 0 Å². The van der Waals surface area contributed by atoms with E-state index in [9.17, 15) is 9.59 Å². The van der Waals surface area contributed by atoms with E-state index in [1.807, 2.05) is 0 Å². The Balaban J connectivity index is 2.01. The van der Waals surface area contributed by atoms with Gasteiger partial charge in [-0.25, -0.2) is 9.59 Å². The van der Waals surface area contributed by atoms with Crippen LogP contribution < -0.4 is 10.4 Å². The zero-order chi connectivity index (χ0) is 16.6. The minimum atomic E-state index is -0.793. The summed E-state index contributed by atoms with van der Waals surface area (Å²) in [6, 6.07) is 11.2. The third-order valence-corrected chi connectivity index (χ3v) is 4.29. The molecule has 0 aliphatic carbocycles. The van der Waals surface area contributed by atoms with E-state index < -0.39 is 11.6 Å². The van der Waals surface area contributed by atoms with Gasteiger partial charge in [-0.2, -0.15) is 0 Å². The van der Waals surface area contributed by atoms with Crippen LogP contribution in [0.25, 0.3) is 11.0 Å². The van der Waals surface area contributed by atoms with Gasteiger partial charge in [0.15, 0.2) is 5.58 Å². The molecule has 1 aromatic heterocycles. The highest BCUT2D eigenvalue weighted by Gasteiger charge is 2.17. The van der Waals surface area contributed by atoms with Crippen LogP contribution >= 0.6 is 43.5 Å². The van der Waals surface area contributed by atoms with Crippen molar-refractivity contribution >= 4 is 60.4 Å². The van der Waals surface area contributed by atoms with Crippen molar-refractivity contribution in [2.75, 3.05) is 0 Å². The van der Waals surface area contributed by atoms with Crippen LogP contribution in [-0.2, 0) is 0 Å². The van der Waals surface area contributed by atoms with E-state index in [-0.39, 0.29) is 11.3 Å². The van der Waals surface area contributed by atoms with E-state index in [0.29, 0.717) is 20.5 Å². The quantitative estimate of drug-likeness (QED) is 0.301. The van der Waals surface area contributed by atoms with E-state index in [0.717, 1.165) is 4.47 Å². The van der Waals surface area contributed by atoms with E-state index in [1.165, 1.54) is 18.2 Å². The van der Waals surface area contributed by atoms with Crippen LogP contribution in [0, 0.1) is 0 Å². The molecule has 116 valence electrons. The summed E-state index contributed by atoms with van der Waals surface area (Å²) in [6.07, 6.45) is 0. The third-order valence-electron chi connectivity index (χ3n) is 3.00. The molecule has 0 N–H and O–H groups in total. The molecule has 0 saturated heterocycles. The highest BCUT2D eigenvalue weighted by molar-refractivity contribution is 9.11. The molecular weight excluding hydrogens is 451 g/mol. The van der Waals surface area contributed by atoms with Gasteiger partial charge in [0.05, 0.1) is 4.47 Å². The number of esters is 1. The van der Waals surface area contributed by atoms with Gasteiger partial charge in [-0.05, 0) is 58.4 Å². The molecule has 0 fully saturated rings. The van der Waals surface area contributed by atoms with Gasteiger partial charge in [-0.3, -0.25) is 0 Å². The van der Waals surface area contributed by atoms with E-state index in [2.05, 4.69) is 31.9 Å². The topological polar surface area (TPSA) is 56.5 Å². The molecule has 3 aromatic rings. The second-order valence-corrected chi connectivity index (χ2v) is 6.80. The highest BCUT2D eigenvalue weighted by Crippen LogP contribution is 2.28. The van der Waals surface area contributed by atoms with Crippen LogP contribution in [0.15, 0.2) is 60.6 Å². The Labute approximate surface area is 152 Å². The standard InChI is InChI=1S/C16H7Br2ClO4/c17-9-5-8-6-12(16(21)23-14(8)13(18)7-9)15(20)22-11-3-1-10(19)2-4-11/h1-7H. The summed E-state index contributed by atoms with van der Waals surface area (Å²) in [5, 5.41) is 1.11. The molecule has 0 saturated carbocycles. The van der Waals surface area contributed by atoms with Crippen molar-refractivity contribution in [2.24, 2.45) is 0 Å². The summed E-state index contributed by atoms with van der Waals surface area (Å²) in [5.74, 6) is -0.506. The molecule has 7 heteroatoms. The first-order valence-corrected chi connectivity index (χ1v) is 8.31. The number of hydrogen-bond donors (Lipinski definition) is 0. The van der Waals surface area contributed by atoms with Gasteiger partial charge in [0, 0.05) is 14.9 Å². The number of halogens is 3. The lowest BCUT2D eigenvalue weighted by Crippen LogP contribution is -2.18. The van der Waals surface area contributed by atoms with Crippen LogP contribution in [-0.4, -0.2) is 5.97 Å². The molecular formula is C16H7Br2ClO4. The van der Waals surface area contributed by atoms with Crippen molar-refractivity contribution in [2.45, 2.75) is 0 Å². The largest absolute Gasteiger partial charge is 0.423 e. The molecule has 0 amide bonds. The second-order valence-electron chi connectivity index (χ2n) is 4.60. The SMILES string of the molecule is O=C(Oc1ccc(Cl)cc1)c1cc2cc(Br)cc(Br)c2oc1=O. The molecule has 0 bridgehead atoms. The Morgan fingerprint density at radius 1 is 1.09 bits per heavy atom. The fraction of sp³-hybridized carbons (Fsp3) is 0. The first kappa shape index (κ1) is 16.2. The Morgan fingerprint density at radius 2 is 1.78 bits per heavy atom. The second kappa shape index (κ2) is 6.47. The number of rotatable bonds is 2. The summed E-state index contributed by atoms with van der Waals surface area (Å²) in [6.45, 7) is 0. The fourth-order valence-electron chi connectivity index (χ4n) is 1.96. The molecule has 2 aromatic carbocycles. The summed E-state index contributed by atoms with van der Waals surface area (Å²) in [4.78, 5) is 24.2. The summed E-state index contributed by atoms with van der Waals surface area (Å²) >= 11 is 12.4. The summed E-state index contributed by atoms with van der Waals surface area (Å²) < 4.78 is 11.8. The molecule has 3 rings (SSSR count). The zero-order valence-electron chi connectivity index (χ0n) is 11.3. The van der Waals surface area contributed by atoms with Gasteiger partial charge in [0.1, 0.15) is 11.3 Å². The molecule has 0 radical (unpaired) electrons. The van der Waals surface area contributed by atoms with E-state index >= 15 is 0 Å². The molecule has 4 nitrogen and oxygen atoms in total. The van der Waals surface area contributed by atoms with Gasteiger partial charge >= 0.3 is 11.6 Å². The van der Waals surface area contributed by atoms with Gasteiger partial charge in [-0.1, -0.05) is 27.5 Å². The fourth-order valence-corrected chi connectivity index (χ4v) is 3.43. The number of carbonyl (C=O) groups excluding carboxylic acids is 1. The highest BCUT2D eigenvalue weighted by atomic mass is 79.9. The maximum atomic E-state index is 12.2. The number of carbonyl (C=O) groups is 1. The first-order chi connectivity index (χ1) is 10.9. The number of fused-ring (bicyclic) bond motifs is 1. The molecule has 23 heavy (non-hydrogen) atoms. The molecule has 1 heterocycles. The molecule has 0 unspecified atom stereocenters. The predicted molar refractivity (Wildman–Crippen MR) is 94.3 cm³/mol. The van der Waals surface area contributed by atoms with Crippen molar-refractivity contribution in [1.82, 2.24) is 0 Å².